The Morgan fingerprint density at radius 3 is 2.83 bits per heavy atom. The summed E-state index contributed by atoms with van der Waals surface area (Å²) in [6, 6.07) is 15.2. The van der Waals surface area contributed by atoms with Gasteiger partial charge in [-0.2, -0.15) is 0 Å². The van der Waals surface area contributed by atoms with Crippen molar-refractivity contribution in [2.45, 2.75) is 26.3 Å². The van der Waals surface area contributed by atoms with Crippen LogP contribution < -0.4 is 5.48 Å². The number of rotatable bonds is 5. The lowest BCUT2D eigenvalue weighted by molar-refractivity contribution is 0.0706. The van der Waals surface area contributed by atoms with E-state index in [1.54, 1.807) is 23.7 Å². The van der Waals surface area contributed by atoms with Crippen molar-refractivity contribution in [3.05, 3.63) is 54.1 Å². The molecule has 0 saturated carbocycles. The van der Waals surface area contributed by atoms with Crippen molar-refractivity contribution in [2.75, 3.05) is 0 Å². The van der Waals surface area contributed by atoms with Gasteiger partial charge in [-0.15, -0.1) is 0 Å². The van der Waals surface area contributed by atoms with Crippen LogP contribution >= 0.6 is 0 Å². The molecule has 0 radical (unpaired) electrons. The largest absolute Gasteiger partial charge is 0.324 e. The van der Waals surface area contributed by atoms with Crippen LogP contribution in [0.5, 0.6) is 0 Å². The van der Waals surface area contributed by atoms with E-state index in [2.05, 4.69) is 17.6 Å². The van der Waals surface area contributed by atoms with Crippen LogP contribution in [0.4, 0.5) is 0 Å². The van der Waals surface area contributed by atoms with Gasteiger partial charge in [0.2, 0.25) is 0 Å². The van der Waals surface area contributed by atoms with E-state index in [-0.39, 0.29) is 0 Å². The number of aryl methyl sites for hydroxylation is 1. The molecule has 1 aromatic heterocycles. The lowest BCUT2D eigenvalue weighted by Gasteiger charge is -2.09. The van der Waals surface area contributed by atoms with Crippen LogP contribution in [0.3, 0.4) is 0 Å². The molecule has 1 amide bonds. The van der Waals surface area contributed by atoms with Gasteiger partial charge >= 0.3 is 0 Å². The highest BCUT2D eigenvalue weighted by molar-refractivity contribution is 5.94. The topological polar surface area (TPSA) is 67.2 Å². The van der Waals surface area contributed by atoms with Gasteiger partial charge in [-0.25, -0.2) is 10.5 Å². The predicted molar refractivity (Wildman–Crippen MR) is 89.3 cm³/mol. The highest BCUT2D eigenvalue weighted by Crippen LogP contribution is 2.26. The molecule has 2 aromatic carbocycles. The number of fused-ring (bicyclic) bond motifs is 1. The Hall–Kier alpha value is -2.66. The molecule has 0 spiro atoms. The summed E-state index contributed by atoms with van der Waals surface area (Å²) in [5.41, 5.74) is 4.96. The summed E-state index contributed by atoms with van der Waals surface area (Å²) in [5, 5.41) is 8.81. The van der Waals surface area contributed by atoms with Gasteiger partial charge in [-0.1, -0.05) is 37.6 Å². The SMILES string of the molecule is CCCCn1c(-c2cccc(C(=O)NO)c2)nc2ccccc21. The summed E-state index contributed by atoms with van der Waals surface area (Å²) >= 11 is 0. The third-order valence-corrected chi connectivity index (χ3v) is 3.87. The number of hydroxylamine groups is 1. The van der Waals surface area contributed by atoms with E-state index in [9.17, 15) is 4.79 Å². The maximum Gasteiger partial charge on any atom is 0.274 e. The molecule has 0 aliphatic rings. The minimum atomic E-state index is -0.525. The van der Waals surface area contributed by atoms with Gasteiger partial charge in [0.15, 0.2) is 0 Å². The molecule has 23 heavy (non-hydrogen) atoms. The van der Waals surface area contributed by atoms with E-state index in [1.807, 2.05) is 24.3 Å². The zero-order chi connectivity index (χ0) is 16.2. The molecule has 3 aromatic rings. The van der Waals surface area contributed by atoms with Crippen LogP contribution in [0, 0.1) is 0 Å². The van der Waals surface area contributed by atoms with Gasteiger partial charge < -0.3 is 4.57 Å². The molecular formula is C18H19N3O2. The van der Waals surface area contributed by atoms with E-state index >= 15 is 0 Å². The quantitative estimate of drug-likeness (QED) is 0.559. The molecule has 0 saturated heterocycles. The number of nitrogens with zero attached hydrogens (tertiary/aromatic N) is 2. The molecule has 3 rings (SSSR count). The minimum absolute atomic E-state index is 0.402. The highest BCUT2D eigenvalue weighted by atomic mass is 16.5. The van der Waals surface area contributed by atoms with Crippen LogP contribution in [0.1, 0.15) is 30.1 Å². The molecule has 2 N–H and O–H groups in total. The Bertz CT molecular complexity index is 839. The smallest absolute Gasteiger partial charge is 0.274 e. The van der Waals surface area contributed by atoms with E-state index < -0.39 is 5.91 Å². The van der Waals surface area contributed by atoms with Gasteiger partial charge in [-0.3, -0.25) is 10.0 Å². The number of hydrogen-bond acceptors (Lipinski definition) is 3. The summed E-state index contributed by atoms with van der Waals surface area (Å²) in [7, 11) is 0. The monoisotopic (exact) mass is 309 g/mol. The second kappa shape index (κ2) is 6.62. The standard InChI is InChI=1S/C18H19N3O2/c1-2-3-11-21-16-10-5-4-9-15(16)19-17(21)13-7-6-8-14(12-13)18(22)20-23/h4-10,12,23H,2-3,11H2,1H3,(H,20,22). The first-order chi connectivity index (χ1) is 11.2. The number of amides is 1. The highest BCUT2D eigenvalue weighted by Gasteiger charge is 2.13. The second-order valence-electron chi connectivity index (χ2n) is 5.45. The third-order valence-electron chi connectivity index (χ3n) is 3.87. The fourth-order valence-electron chi connectivity index (χ4n) is 2.70. The molecule has 0 fully saturated rings. The average Bonchev–Trinajstić information content (AvgIpc) is 2.98. The summed E-state index contributed by atoms with van der Waals surface area (Å²) in [5.74, 6) is 0.315. The summed E-state index contributed by atoms with van der Waals surface area (Å²) < 4.78 is 2.19. The molecule has 1 heterocycles. The van der Waals surface area contributed by atoms with Crippen molar-refractivity contribution >= 4 is 16.9 Å². The maximum absolute atomic E-state index is 11.6. The summed E-state index contributed by atoms with van der Waals surface area (Å²) in [6.45, 7) is 3.04. The van der Waals surface area contributed by atoms with Crippen LogP contribution in [0.15, 0.2) is 48.5 Å². The van der Waals surface area contributed by atoms with Crippen molar-refractivity contribution in [2.24, 2.45) is 0 Å². The lowest BCUT2D eigenvalue weighted by Crippen LogP contribution is -2.18. The zero-order valence-electron chi connectivity index (χ0n) is 13.0. The molecule has 5 nitrogen and oxygen atoms in total. The second-order valence-corrected chi connectivity index (χ2v) is 5.45. The fraction of sp³-hybridized carbons (Fsp3) is 0.222. The van der Waals surface area contributed by atoms with Gasteiger partial charge in [0.1, 0.15) is 5.82 Å². The first-order valence-electron chi connectivity index (χ1n) is 7.74. The van der Waals surface area contributed by atoms with E-state index in [0.29, 0.717) is 5.56 Å². The molecule has 0 aliphatic carbocycles. The number of nitrogens with one attached hydrogen (secondary N) is 1. The molecule has 0 atom stereocenters. The number of hydrogen-bond donors (Lipinski definition) is 2. The van der Waals surface area contributed by atoms with Gasteiger partial charge in [0, 0.05) is 17.7 Å². The summed E-state index contributed by atoms with van der Waals surface area (Å²) in [6.07, 6.45) is 2.16. The number of aromatic nitrogens is 2. The lowest BCUT2D eigenvalue weighted by atomic mass is 10.1. The Balaban J connectivity index is 2.13. The van der Waals surface area contributed by atoms with E-state index in [0.717, 1.165) is 41.8 Å². The minimum Gasteiger partial charge on any atom is -0.324 e. The first kappa shape index (κ1) is 15.2. The van der Waals surface area contributed by atoms with Crippen LogP contribution in [0.25, 0.3) is 22.4 Å². The fourth-order valence-corrected chi connectivity index (χ4v) is 2.70. The Morgan fingerprint density at radius 1 is 1.22 bits per heavy atom. The first-order valence-corrected chi connectivity index (χ1v) is 7.74. The van der Waals surface area contributed by atoms with Crippen LogP contribution in [-0.2, 0) is 6.54 Å². The Morgan fingerprint density at radius 2 is 2.04 bits per heavy atom. The van der Waals surface area contributed by atoms with Gasteiger partial charge in [-0.05, 0) is 30.7 Å². The van der Waals surface area contributed by atoms with E-state index in [4.69, 9.17) is 10.2 Å². The zero-order valence-corrected chi connectivity index (χ0v) is 13.0. The Kier molecular flexibility index (Phi) is 4.39. The van der Waals surface area contributed by atoms with E-state index in [1.165, 1.54) is 0 Å². The van der Waals surface area contributed by atoms with Crippen molar-refractivity contribution in [1.82, 2.24) is 15.0 Å². The molecular weight excluding hydrogens is 290 g/mol. The number of carbonyl (C=O) groups is 1. The summed E-state index contributed by atoms with van der Waals surface area (Å²) in [4.78, 5) is 16.4. The molecule has 5 heteroatoms. The van der Waals surface area contributed by atoms with Crippen molar-refractivity contribution in [1.29, 1.82) is 0 Å². The van der Waals surface area contributed by atoms with Crippen molar-refractivity contribution in [3.8, 4) is 11.4 Å². The van der Waals surface area contributed by atoms with Crippen LogP contribution in [-0.4, -0.2) is 20.7 Å². The van der Waals surface area contributed by atoms with Gasteiger partial charge in [0.05, 0.1) is 11.0 Å². The maximum atomic E-state index is 11.6. The average molecular weight is 309 g/mol. The number of benzene rings is 2. The van der Waals surface area contributed by atoms with Gasteiger partial charge in [0.25, 0.3) is 5.91 Å². The number of unbranched alkanes of at least 4 members (excludes halogenated alkanes) is 1. The number of para-hydroxylation sites is 2. The predicted octanol–water partition coefficient (Wildman–Crippen LogP) is 3.62. The third kappa shape index (κ3) is 2.96. The number of carbonyl (C=O) groups excluding carboxylic acids is 1. The van der Waals surface area contributed by atoms with Crippen molar-refractivity contribution < 1.29 is 10.0 Å². The van der Waals surface area contributed by atoms with Crippen molar-refractivity contribution in [3.63, 3.8) is 0 Å². The van der Waals surface area contributed by atoms with Crippen LogP contribution in [0.2, 0.25) is 0 Å². The molecule has 0 bridgehead atoms. The molecule has 0 aliphatic heterocycles. The number of imidazole rings is 1. The molecule has 0 unspecified atom stereocenters. The Labute approximate surface area is 134 Å². The normalized spacial score (nSPS) is 10.9. The molecule has 118 valence electrons.